The molecule has 0 N–H and O–H groups in total. The monoisotopic (exact) mass is 482 g/mol. The first-order chi connectivity index (χ1) is 14.5. The molecule has 4 heteroatoms. The summed E-state index contributed by atoms with van der Waals surface area (Å²) in [6.45, 7) is 7.74. The number of hydrogen-bond acceptors (Lipinski definition) is 3. The molecule has 3 aromatic carbocycles. The van der Waals surface area contributed by atoms with Crippen molar-refractivity contribution < 1.29 is 14.3 Å². The number of benzene rings is 3. The molecule has 3 nitrogen and oxygen atoms in total. The number of rotatable bonds is 9. The van der Waals surface area contributed by atoms with Crippen LogP contribution in [0.25, 0.3) is 11.1 Å². The van der Waals surface area contributed by atoms with E-state index in [1.807, 2.05) is 13.0 Å². The third-order valence-electron chi connectivity index (χ3n) is 4.60. The van der Waals surface area contributed by atoms with E-state index >= 15 is 0 Å². The molecule has 3 aromatic rings. The summed E-state index contributed by atoms with van der Waals surface area (Å²) in [5.41, 5.74) is 6.14. The Hall–Kier alpha value is -2.81. The normalized spacial score (nSPS) is 10.1. The molecular weight excluding hydrogens is 451 g/mol. The number of esters is 1. The fourth-order valence-corrected chi connectivity index (χ4v) is 4.90. The summed E-state index contributed by atoms with van der Waals surface area (Å²) < 4.78 is 11.8. The van der Waals surface area contributed by atoms with Crippen LogP contribution >= 0.6 is 0 Å². The van der Waals surface area contributed by atoms with E-state index in [2.05, 4.69) is 74.2 Å². The van der Waals surface area contributed by atoms with Gasteiger partial charge in [-0.15, -0.1) is 0 Å². The molecule has 162 valence electrons. The van der Waals surface area contributed by atoms with Crippen molar-refractivity contribution in [1.29, 1.82) is 0 Å². The molecule has 0 unspecified atom stereocenters. The third kappa shape index (κ3) is 7.43. The average molecular weight is 481 g/mol. The molecule has 0 aliphatic rings. The summed E-state index contributed by atoms with van der Waals surface area (Å²) >= 11 is 0.331. The zero-order valence-corrected chi connectivity index (χ0v) is 19.1. The Morgan fingerprint density at radius 2 is 1.61 bits per heavy atom. The fourth-order valence-electron chi connectivity index (χ4n) is 2.91. The molecule has 3 rings (SSSR count). The van der Waals surface area contributed by atoms with E-state index in [1.54, 1.807) is 0 Å². The Morgan fingerprint density at radius 3 is 2.23 bits per heavy atom. The van der Waals surface area contributed by atoms with Crippen LogP contribution in [0.2, 0.25) is 0 Å². The van der Waals surface area contributed by atoms with Gasteiger partial charge in [0.2, 0.25) is 0 Å². The van der Waals surface area contributed by atoms with E-state index in [-0.39, 0.29) is 20.6 Å². The molecule has 31 heavy (non-hydrogen) atoms. The van der Waals surface area contributed by atoms with Gasteiger partial charge in [-0.25, -0.2) is 0 Å². The predicted molar refractivity (Wildman–Crippen MR) is 130 cm³/mol. The maximum absolute atomic E-state index is 11.6. The van der Waals surface area contributed by atoms with Crippen molar-refractivity contribution in [2.45, 2.75) is 26.6 Å². The first-order valence-corrected chi connectivity index (χ1v) is 11.9. The maximum atomic E-state index is 11.6. The summed E-state index contributed by atoms with van der Waals surface area (Å²) in [6.07, 6.45) is 1.54. The molecule has 0 saturated carbocycles. The zero-order chi connectivity index (χ0) is 21.3. The van der Waals surface area contributed by atoms with Crippen LogP contribution in [0, 0.1) is 13.8 Å². The van der Waals surface area contributed by atoms with Gasteiger partial charge < -0.3 is 0 Å². The summed E-state index contributed by atoms with van der Waals surface area (Å²) in [7, 11) is 0. The van der Waals surface area contributed by atoms with Crippen molar-refractivity contribution in [2.75, 3.05) is 13.2 Å². The van der Waals surface area contributed by atoms with Gasteiger partial charge in [0.05, 0.1) is 0 Å². The molecule has 0 amide bonds. The molecular formula is C27H30O3Se. The summed E-state index contributed by atoms with van der Waals surface area (Å²) in [5, 5.41) is 1.04. The second-order valence-corrected chi connectivity index (χ2v) is 9.24. The van der Waals surface area contributed by atoms with Crippen molar-refractivity contribution in [1.82, 2.24) is 0 Å². The number of ether oxygens (including phenoxy) is 2. The van der Waals surface area contributed by atoms with Crippen molar-refractivity contribution in [2.24, 2.45) is 0 Å². The van der Waals surface area contributed by atoms with E-state index in [0.29, 0.717) is 20.7 Å². The molecule has 0 aromatic heterocycles. The van der Waals surface area contributed by atoms with E-state index in [1.165, 1.54) is 32.8 Å². The quantitative estimate of drug-likeness (QED) is 0.238. The number of aryl methyl sites for hydroxylation is 2. The van der Waals surface area contributed by atoms with Gasteiger partial charge >= 0.3 is 185 Å². The number of carbonyl (C=O) groups is 1. The molecule has 0 atom stereocenters. The van der Waals surface area contributed by atoms with E-state index in [4.69, 9.17) is 9.47 Å². The van der Waals surface area contributed by atoms with Crippen LogP contribution < -0.4 is 9.20 Å². The summed E-state index contributed by atoms with van der Waals surface area (Å²) in [4.78, 5) is 11.6. The first-order valence-electron chi connectivity index (χ1n) is 9.84. The molecule has 0 aliphatic heterocycles. The van der Waals surface area contributed by atoms with Crippen molar-refractivity contribution in [3.05, 3.63) is 96.1 Å². The molecule has 0 fully saturated rings. The first kappa shape index (κ1) is 24.5. The van der Waals surface area contributed by atoms with Gasteiger partial charge in [0.1, 0.15) is 0 Å². The Balaban J connectivity index is 0.00000341. The van der Waals surface area contributed by atoms with Crippen molar-refractivity contribution in [3.63, 3.8) is 0 Å². The molecule has 0 spiro atoms. The van der Waals surface area contributed by atoms with Crippen molar-refractivity contribution in [3.8, 4) is 16.9 Å². The van der Waals surface area contributed by atoms with Crippen LogP contribution in [-0.4, -0.2) is 34.1 Å². The van der Waals surface area contributed by atoms with Crippen LogP contribution in [0.5, 0.6) is 5.75 Å². The summed E-state index contributed by atoms with van der Waals surface area (Å²) in [6, 6.07) is 23.6. The zero-order valence-electron chi connectivity index (χ0n) is 17.4. The Labute approximate surface area is 192 Å². The van der Waals surface area contributed by atoms with Crippen LogP contribution in [0.1, 0.15) is 24.1 Å². The van der Waals surface area contributed by atoms with Gasteiger partial charge in [-0.3, -0.25) is 0 Å². The minimum atomic E-state index is -0.392. The van der Waals surface area contributed by atoms with Gasteiger partial charge in [-0.2, -0.15) is 0 Å². The van der Waals surface area contributed by atoms with Gasteiger partial charge in [-0.05, 0) is 0 Å². The Kier molecular flexibility index (Phi) is 9.58. The van der Waals surface area contributed by atoms with E-state index in [9.17, 15) is 4.79 Å². The number of carbonyl (C=O) groups excluding carboxylic acids is 1. The second kappa shape index (κ2) is 12.1. The van der Waals surface area contributed by atoms with Gasteiger partial charge in [0, 0.05) is 0 Å². The average Bonchev–Trinajstić information content (AvgIpc) is 2.76. The predicted octanol–water partition coefficient (Wildman–Crippen LogP) is 5.24. The van der Waals surface area contributed by atoms with Gasteiger partial charge in [0.15, 0.2) is 0 Å². The molecule has 0 bridgehead atoms. The SMILES string of the molecule is C.C=CCOC(=O)COc1ccc([Se]Cc2ccc(-c3ccc(C)cc3)cc2)cc1C. The van der Waals surface area contributed by atoms with Crippen LogP contribution in [0.4, 0.5) is 0 Å². The molecule has 0 saturated heterocycles. The van der Waals surface area contributed by atoms with Gasteiger partial charge in [-0.1, -0.05) is 7.43 Å². The van der Waals surface area contributed by atoms with E-state index in [0.717, 1.165) is 10.9 Å². The standard InChI is InChI=1S/C26H26O3Se.CH4/c1-4-15-28-26(27)17-29-25-14-13-24(16-20(25)3)30-18-21-7-11-23(12-8-21)22-9-5-19(2)6-10-22;/h4-14,16H,1,15,17-18H2,2-3H3;1H4. The fraction of sp³-hybridized carbons (Fsp3) is 0.222. The molecule has 0 aliphatic carbocycles. The van der Waals surface area contributed by atoms with Crippen LogP contribution in [0.15, 0.2) is 79.4 Å². The Bertz CT molecular complexity index is 992. The van der Waals surface area contributed by atoms with Crippen LogP contribution in [-0.2, 0) is 14.9 Å². The van der Waals surface area contributed by atoms with Crippen LogP contribution in [0.3, 0.4) is 0 Å². The van der Waals surface area contributed by atoms with Crippen molar-refractivity contribution >= 4 is 25.4 Å². The topological polar surface area (TPSA) is 35.5 Å². The van der Waals surface area contributed by atoms with Gasteiger partial charge in [0.25, 0.3) is 0 Å². The Morgan fingerprint density at radius 1 is 0.968 bits per heavy atom. The molecule has 0 heterocycles. The second-order valence-electron chi connectivity index (χ2n) is 7.04. The number of hydrogen-bond donors (Lipinski definition) is 0. The minimum absolute atomic E-state index is 0. The van der Waals surface area contributed by atoms with E-state index < -0.39 is 5.97 Å². The summed E-state index contributed by atoms with van der Waals surface area (Å²) in [5.74, 6) is 0.323. The third-order valence-corrected chi connectivity index (χ3v) is 6.83. The molecule has 0 radical (unpaired) electrons.